The summed E-state index contributed by atoms with van der Waals surface area (Å²) in [5, 5.41) is 4.95. The summed E-state index contributed by atoms with van der Waals surface area (Å²) < 4.78 is 42.5. The fourth-order valence-corrected chi connectivity index (χ4v) is 5.13. The molecule has 0 aliphatic heterocycles. The van der Waals surface area contributed by atoms with Crippen molar-refractivity contribution >= 4 is 67.0 Å². The molecule has 13 heteroatoms. The van der Waals surface area contributed by atoms with E-state index in [1.165, 1.54) is 20.4 Å². The molecule has 0 aliphatic rings. The number of hydrogen-bond donors (Lipinski definition) is 1. The first-order chi connectivity index (χ1) is 18.0. The largest absolute Gasteiger partial charge is 0.497 e. The second-order valence-electron chi connectivity index (χ2n) is 7.82. The summed E-state index contributed by atoms with van der Waals surface area (Å²) in [6, 6.07) is 14.8. The van der Waals surface area contributed by atoms with Crippen LogP contribution in [0.3, 0.4) is 0 Å². The Morgan fingerprint density at radius 1 is 1.08 bits per heavy atom. The van der Waals surface area contributed by atoms with Crippen molar-refractivity contribution < 1.29 is 27.4 Å². The van der Waals surface area contributed by atoms with Crippen molar-refractivity contribution in [2.75, 3.05) is 31.3 Å². The van der Waals surface area contributed by atoms with Crippen molar-refractivity contribution in [1.29, 1.82) is 0 Å². The summed E-state index contributed by atoms with van der Waals surface area (Å²) in [5.74, 6) is 0.791. The van der Waals surface area contributed by atoms with Gasteiger partial charge in [0.05, 0.1) is 36.9 Å². The van der Waals surface area contributed by atoms with Crippen LogP contribution >= 0.6 is 39.1 Å². The molecule has 0 heterocycles. The quantitative estimate of drug-likeness (QED) is 0.225. The molecule has 0 spiro atoms. The van der Waals surface area contributed by atoms with E-state index in [2.05, 4.69) is 26.5 Å². The molecule has 38 heavy (non-hydrogen) atoms. The van der Waals surface area contributed by atoms with Crippen LogP contribution in [0.25, 0.3) is 0 Å². The van der Waals surface area contributed by atoms with Crippen LogP contribution in [0.5, 0.6) is 17.2 Å². The summed E-state index contributed by atoms with van der Waals surface area (Å²) in [6.45, 7) is -0.283. The van der Waals surface area contributed by atoms with Crippen LogP contribution in [0.4, 0.5) is 5.69 Å². The first-order valence-electron chi connectivity index (χ1n) is 10.9. The molecule has 0 bridgehead atoms. The fraction of sp³-hybridized carbons (Fsp3) is 0.200. The first kappa shape index (κ1) is 29.6. The molecule has 3 aromatic carbocycles. The van der Waals surface area contributed by atoms with Crippen LogP contribution < -0.4 is 23.9 Å². The highest BCUT2D eigenvalue weighted by molar-refractivity contribution is 9.10. The second kappa shape index (κ2) is 13.2. The Bertz CT molecular complexity index is 1440. The number of rotatable bonds is 11. The Labute approximate surface area is 239 Å². The monoisotopic (exact) mass is 643 g/mol. The van der Waals surface area contributed by atoms with E-state index in [4.69, 9.17) is 37.4 Å². The van der Waals surface area contributed by atoms with Crippen LogP contribution in [0.2, 0.25) is 10.0 Å². The van der Waals surface area contributed by atoms with E-state index >= 15 is 0 Å². The van der Waals surface area contributed by atoms with Gasteiger partial charge in [-0.3, -0.25) is 9.10 Å². The van der Waals surface area contributed by atoms with E-state index in [0.717, 1.165) is 16.1 Å². The van der Waals surface area contributed by atoms with E-state index in [0.29, 0.717) is 43.0 Å². The molecule has 0 radical (unpaired) electrons. The number of halogens is 3. The van der Waals surface area contributed by atoms with E-state index in [-0.39, 0.29) is 6.61 Å². The summed E-state index contributed by atoms with van der Waals surface area (Å²) in [6.07, 6.45) is 2.41. The van der Waals surface area contributed by atoms with Gasteiger partial charge in [-0.05, 0) is 70.0 Å². The molecule has 0 atom stereocenters. The average molecular weight is 645 g/mol. The number of methoxy groups -OCH3 is 2. The topological polar surface area (TPSA) is 107 Å². The Morgan fingerprint density at radius 3 is 2.39 bits per heavy atom. The maximum absolute atomic E-state index is 12.5. The number of benzene rings is 3. The number of carbonyl (C=O) groups is 1. The predicted molar refractivity (Wildman–Crippen MR) is 152 cm³/mol. The van der Waals surface area contributed by atoms with Crippen molar-refractivity contribution in [3.05, 3.63) is 80.2 Å². The highest BCUT2D eigenvalue weighted by Crippen LogP contribution is 2.37. The molecule has 0 saturated heterocycles. The lowest BCUT2D eigenvalue weighted by atomic mass is 10.2. The molecule has 0 unspecified atom stereocenters. The van der Waals surface area contributed by atoms with Crippen molar-refractivity contribution in [3.63, 3.8) is 0 Å². The number of hydrazone groups is 1. The number of amides is 1. The minimum absolute atomic E-state index is 0.180. The van der Waals surface area contributed by atoms with Crippen LogP contribution in [0.15, 0.2) is 64.2 Å². The molecular formula is C25H24BrCl2N3O6S. The van der Waals surface area contributed by atoms with Gasteiger partial charge in [0.15, 0.2) is 11.5 Å². The van der Waals surface area contributed by atoms with Crippen molar-refractivity contribution in [1.82, 2.24) is 5.43 Å². The molecule has 3 aromatic rings. The number of ether oxygens (including phenoxy) is 3. The standard InChI is InChI=1S/C25H24BrCl2N3O6S/c1-35-20-8-6-19(7-9-20)31(38(3,33)34)14-24(32)30-29-13-16-10-21(26)25(23(11-16)36-2)37-15-17-4-5-18(27)12-22(17)28/h4-13H,14-15H2,1-3H3,(H,30,32)/b29-13-. The number of nitrogens with zero attached hydrogens (tertiary/aromatic N) is 2. The zero-order valence-electron chi connectivity index (χ0n) is 20.6. The SMILES string of the molecule is COc1ccc(N(CC(=O)N/N=C\c2cc(Br)c(OCc3ccc(Cl)cc3Cl)c(OC)c2)S(C)(=O)=O)cc1. The molecule has 1 N–H and O–H groups in total. The van der Waals surface area contributed by atoms with Crippen LogP contribution in [0, 0.1) is 0 Å². The summed E-state index contributed by atoms with van der Waals surface area (Å²) in [4.78, 5) is 12.5. The molecule has 1 amide bonds. The second-order valence-corrected chi connectivity index (χ2v) is 11.4. The smallest absolute Gasteiger partial charge is 0.260 e. The van der Waals surface area contributed by atoms with Gasteiger partial charge in [0.1, 0.15) is 18.9 Å². The lowest BCUT2D eigenvalue weighted by molar-refractivity contribution is -0.119. The molecule has 0 aromatic heterocycles. The average Bonchev–Trinajstić information content (AvgIpc) is 2.86. The minimum Gasteiger partial charge on any atom is -0.497 e. The number of anilines is 1. The lowest BCUT2D eigenvalue weighted by Gasteiger charge is -2.21. The lowest BCUT2D eigenvalue weighted by Crippen LogP contribution is -2.39. The molecule has 0 saturated carbocycles. The zero-order valence-corrected chi connectivity index (χ0v) is 24.5. The molecule has 0 aliphatic carbocycles. The van der Waals surface area contributed by atoms with E-state index in [1.54, 1.807) is 54.6 Å². The molecule has 0 fully saturated rings. The van der Waals surface area contributed by atoms with Gasteiger partial charge in [-0.2, -0.15) is 5.10 Å². The Hall–Kier alpha value is -2.99. The van der Waals surface area contributed by atoms with E-state index in [1.807, 2.05) is 0 Å². The third kappa shape index (κ3) is 8.00. The maximum atomic E-state index is 12.5. The summed E-state index contributed by atoms with van der Waals surface area (Å²) in [7, 11) is -0.739. The summed E-state index contributed by atoms with van der Waals surface area (Å²) >= 11 is 15.6. The fourth-order valence-electron chi connectivity index (χ4n) is 3.24. The highest BCUT2D eigenvalue weighted by atomic mass is 79.9. The molecule has 9 nitrogen and oxygen atoms in total. The number of nitrogens with one attached hydrogen (secondary N) is 1. The Kier molecular flexibility index (Phi) is 10.3. The number of sulfonamides is 1. The van der Waals surface area contributed by atoms with Gasteiger partial charge in [0.25, 0.3) is 5.91 Å². The Balaban J connectivity index is 1.68. The minimum atomic E-state index is -3.73. The van der Waals surface area contributed by atoms with Gasteiger partial charge in [-0.25, -0.2) is 13.8 Å². The normalized spacial score (nSPS) is 11.3. The van der Waals surface area contributed by atoms with Crippen molar-refractivity contribution in [3.8, 4) is 17.2 Å². The van der Waals surface area contributed by atoms with Crippen LogP contribution in [-0.4, -0.2) is 47.6 Å². The highest BCUT2D eigenvalue weighted by Gasteiger charge is 2.21. The van der Waals surface area contributed by atoms with E-state index in [9.17, 15) is 13.2 Å². The number of hydrogen-bond acceptors (Lipinski definition) is 7. The van der Waals surface area contributed by atoms with Gasteiger partial charge < -0.3 is 14.2 Å². The Morgan fingerprint density at radius 2 is 1.79 bits per heavy atom. The zero-order chi connectivity index (χ0) is 27.9. The van der Waals surface area contributed by atoms with Gasteiger partial charge in [0, 0.05) is 15.6 Å². The summed E-state index contributed by atoms with van der Waals surface area (Å²) in [5.41, 5.74) is 3.99. The third-order valence-electron chi connectivity index (χ3n) is 5.09. The van der Waals surface area contributed by atoms with Crippen molar-refractivity contribution in [2.45, 2.75) is 6.61 Å². The predicted octanol–water partition coefficient (Wildman–Crippen LogP) is 5.27. The number of carbonyl (C=O) groups excluding carboxylic acids is 1. The third-order valence-corrected chi connectivity index (χ3v) is 7.41. The van der Waals surface area contributed by atoms with Crippen LogP contribution in [0.1, 0.15) is 11.1 Å². The molecule has 202 valence electrons. The van der Waals surface area contributed by atoms with E-state index < -0.39 is 22.5 Å². The molecule has 3 rings (SSSR count). The van der Waals surface area contributed by atoms with Crippen LogP contribution in [-0.2, 0) is 21.4 Å². The van der Waals surface area contributed by atoms with Gasteiger partial charge >= 0.3 is 0 Å². The maximum Gasteiger partial charge on any atom is 0.260 e. The molecular weight excluding hydrogens is 621 g/mol. The first-order valence-corrected chi connectivity index (χ1v) is 14.3. The van der Waals surface area contributed by atoms with Gasteiger partial charge in [-0.1, -0.05) is 29.3 Å². The van der Waals surface area contributed by atoms with Crippen molar-refractivity contribution in [2.24, 2.45) is 5.10 Å². The van der Waals surface area contributed by atoms with Gasteiger partial charge in [-0.15, -0.1) is 0 Å². The van der Waals surface area contributed by atoms with Gasteiger partial charge in [0.2, 0.25) is 10.0 Å².